The van der Waals surface area contributed by atoms with Gasteiger partial charge in [0.2, 0.25) is 0 Å². The van der Waals surface area contributed by atoms with Gasteiger partial charge in [0.25, 0.3) is 0 Å². The van der Waals surface area contributed by atoms with Crippen molar-refractivity contribution in [1.82, 2.24) is 0 Å². The number of hydrogen-bond donors (Lipinski definition) is 0. The standard InChI is InChI=1S/C4H8ClF2P/c5-8-3-4(7)1-2-6/h4,8H,1-3H2. The van der Waals surface area contributed by atoms with E-state index in [-0.39, 0.29) is 14.4 Å². The van der Waals surface area contributed by atoms with Gasteiger partial charge in [-0.15, -0.1) is 0 Å². The Morgan fingerprint density at radius 1 is 1.62 bits per heavy atom. The van der Waals surface area contributed by atoms with Crippen molar-refractivity contribution in [2.75, 3.05) is 12.8 Å². The van der Waals surface area contributed by atoms with Gasteiger partial charge in [-0.05, 0) is 7.93 Å². The Morgan fingerprint density at radius 3 is 2.62 bits per heavy atom. The highest BCUT2D eigenvalue weighted by Gasteiger charge is 2.02. The lowest BCUT2D eigenvalue weighted by atomic mass is 10.3. The van der Waals surface area contributed by atoms with Gasteiger partial charge >= 0.3 is 0 Å². The predicted molar refractivity (Wildman–Crippen MR) is 34.5 cm³/mol. The predicted octanol–water partition coefficient (Wildman–Crippen LogP) is 2.52. The van der Waals surface area contributed by atoms with E-state index in [0.717, 1.165) is 0 Å². The number of alkyl halides is 2. The van der Waals surface area contributed by atoms with E-state index in [0.29, 0.717) is 6.16 Å². The molecule has 0 aromatic rings. The minimum atomic E-state index is -1.03. The van der Waals surface area contributed by atoms with E-state index < -0.39 is 12.8 Å². The molecule has 0 aliphatic heterocycles. The van der Waals surface area contributed by atoms with E-state index >= 15 is 0 Å². The van der Waals surface area contributed by atoms with Crippen LogP contribution in [-0.2, 0) is 0 Å². The summed E-state index contributed by atoms with van der Waals surface area (Å²) in [6.45, 7) is -0.581. The largest absolute Gasteiger partial charge is 0.251 e. The molecule has 2 unspecified atom stereocenters. The lowest BCUT2D eigenvalue weighted by Crippen LogP contribution is -2.01. The van der Waals surface area contributed by atoms with Crippen molar-refractivity contribution in [3.63, 3.8) is 0 Å². The van der Waals surface area contributed by atoms with Crippen LogP contribution in [0.15, 0.2) is 0 Å². The molecule has 0 bridgehead atoms. The summed E-state index contributed by atoms with van der Waals surface area (Å²) in [7, 11) is 0.0785. The second-order valence-corrected chi connectivity index (χ2v) is 2.89. The van der Waals surface area contributed by atoms with E-state index in [2.05, 4.69) is 0 Å². The third-order valence-electron chi connectivity index (χ3n) is 0.721. The third kappa shape index (κ3) is 4.73. The second kappa shape index (κ2) is 5.71. The van der Waals surface area contributed by atoms with Crippen LogP contribution in [0.3, 0.4) is 0 Å². The van der Waals surface area contributed by atoms with Crippen LogP contribution in [0.1, 0.15) is 6.42 Å². The molecule has 0 amide bonds. The molecule has 0 heterocycles. The maximum Gasteiger partial charge on any atom is 0.107 e. The maximum absolute atomic E-state index is 12.1. The van der Waals surface area contributed by atoms with Crippen molar-refractivity contribution in [3.05, 3.63) is 0 Å². The Balaban J connectivity index is 2.92. The van der Waals surface area contributed by atoms with Crippen LogP contribution in [0, 0.1) is 0 Å². The minimum absolute atomic E-state index is 0.000278. The van der Waals surface area contributed by atoms with Gasteiger partial charge in [-0.2, -0.15) is 0 Å². The molecule has 0 radical (unpaired) electrons. The molecule has 0 aromatic heterocycles. The van der Waals surface area contributed by atoms with Crippen molar-refractivity contribution >= 4 is 19.2 Å². The lowest BCUT2D eigenvalue weighted by molar-refractivity contribution is 0.309. The lowest BCUT2D eigenvalue weighted by Gasteiger charge is -1.99. The number of halogens is 3. The average molecular weight is 161 g/mol. The van der Waals surface area contributed by atoms with Crippen molar-refractivity contribution < 1.29 is 8.78 Å². The highest BCUT2D eigenvalue weighted by atomic mass is 35.7. The molecule has 0 aromatic carbocycles. The quantitative estimate of drug-likeness (QED) is 0.555. The van der Waals surface area contributed by atoms with Gasteiger partial charge in [-0.25, -0.2) is 4.39 Å². The molecule has 50 valence electrons. The molecular weight excluding hydrogens is 152 g/mol. The van der Waals surface area contributed by atoms with E-state index in [1.54, 1.807) is 0 Å². The molecule has 0 nitrogen and oxygen atoms in total. The summed E-state index contributed by atoms with van der Waals surface area (Å²) >= 11 is 5.20. The van der Waals surface area contributed by atoms with E-state index in [4.69, 9.17) is 11.2 Å². The zero-order chi connectivity index (χ0) is 6.41. The Bertz CT molecular complexity index is 47.3. The topological polar surface area (TPSA) is 0 Å². The van der Waals surface area contributed by atoms with E-state index in [9.17, 15) is 8.78 Å². The van der Waals surface area contributed by atoms with Gasteiger partial charge in [-0.1, -0.05) is 11.2 Å². The normalized spacial score (nSPS) is 15.4. The summed E-state index contributed by atoms with van der Waals surface area (Å²) in [5.41, 5.74) is 0. The third-order valence-corrected chi connectivity index (χ3v) is 1.78. The van der Waals surface area contributed by atoms with Gasteiger partial charge in [0.1, 0.15) is 6.17 Å². The fourth-order valence-electron chi connectivity index (χ4n) is 0.304. The fourth-order valence-corrected chi connectivity index (χ4v) is 1.18. The highest BCUT2D eigenvalue weighted by Crippen LogP contribution is 2.19. The first-order valence-corrected chi connectivity index (χ1v) is 4.56. The van der Waals surface area contributed by atoms with Crippen molar-refractivity contribution in [2.24, 2.45) is 0 Å². The molecule has 4 heteroatoms. The molecule has 0 fully saturated rings. The highest BCUT2D eigenvalue weighted by molar-refractivity contribution is 7.68. The SMILES string of the molecule is FCCC(F)CPCl. The zero-order valence-corrected chi connectivity index (χ0v) is 6.09. The summed E-state index contributed by atoms with van der Waals surface area (Å²) in [4.78, 5) is 0. The zero-order valence-electron chi connectivity index (χ0n) is 4.33. The van der Waals surface area contributed by atoms with Crippen molar-refractivity contribution in [1.29, 1.82) is 0 Å². The Morgan fingerprint density at radius 2 is 2.25 bits per heavy atom. The summed E-state index contributed by atoms with van der Waals surface area (Å²) in [5.74, 6) is 0. The molecule has 0 aliphatic rings. The van der Waals surface area contributed by atoms with Crippen LogP contribution in [-0.4, -0.2) is 19.0 Å². The maximum atomic E-state index is 12.1. The van der Waals surface area contributed by atoms with E-state index in [1.165, 1.54) is 0 Å². The molecule has 0 aliphatic carbocycles. The summed E-state index contributed by atoms with van der Waals surface area (Å²) in [5, 5.41) is 0. The number of rotatable bonds is 4. The van der Waals surface area contributed by atoms with Gasteiger partial charge in [0.05, 0.1) is 6.67 Å². The molecule has 0 spiro atoms. The van der Waals surface area contributed by atoms with E-state index in [1.807, 2.05) is 0 Å². The Labute approximate surface area is 54.2 Å². The molecular formula is C4H8ClF2P. The van der Waals surface area contributed by atoms with Crippen LogP contribution < -0.4 is 0 Å². The van der Waals surface area contributed by atoms with Gasteiger partial charge in [0, 0.05) is 12.6 Å². The van der Waals surface area contributed by atoms with Crippen LogP contribution in [0.2, 0.25) is 0 Å². The average Bonchev–Trinajstić information content (AvgIpc) is 1.68. The molecule has 0 saturated heterocycles. The molecule has 0 saturated carbocycles. The molecule has 8 heavy (non-hydrogen) atoms. The molecule has 0 N–H and O–H groups in total. The van der Waals surface area contributed by atoms with Crippen LogP contribution >= 0.6 is 19.2 Å². The minimum Gasteiger partial charge on any atom is -0.251 e. The molecule has 2 atom stereocenters. The second-order valence-electron chi connectivity index (χ2n) is 1.41. The van der Waals surface area contributed by atoms with Gasteiger partial charge in [0.15, 0.2) is 0 Å². The van der Waals surface area contributed by atoms with Crippen LogP contribution in [0.5, 0.6) is 0 Å². The monoisotopic (exact) mass is 160 g/mol. The summed E-state index contributed by atoms with van der Waals surface area (Å²) < 4.78 is 23.4. The van der Waals surface area contributed by atoms with Crippen molar-refractivity contribution in [2.45, 2.75) is 12.6 Å². The Hall–Kier alpha value is 0.580. The van der Waals surface area contributed by atoms with Crippen LogP contribution in [0.4, 0.5) is 8.78 Å². The first-order chi connectivity index (χ1) is 3.81. The first-order valence-electron chi connectivity index (χ1n) is 2.34. The first kappa shape index (κ1) is 8.58. The summed E-state index contributed by atoms with van der Waals surface area (Å²) in [6.07, 6.45) is -0.735. The Kier molecular flexibility index (Phi) is 6.13. The smallest absolute Gasteiger partial charge is 0.107 e. The van der Waals surface area contributed by atoms with Crippen LogP contribution in [0.25, 0.3) is 0 Å². The number of hydrogen-bond acceptors (Lipinski definition) is 0. The van der Waals surface area contributed by atoms with Crippen molar-refractivity contribution in [3.8, 4) is 0 Å². The van der Waals surface area contributed by atoms with Gasteiger partial charge in [-0.3, -0.25) is 4.39 Å². The fraction of sp³-hybridized carbons (Fsp3) is 1.00. The molecule has 0 rings (SSSR count). The summed E-state index contributed by atoms with van der Waals surface area (Å²) in [6, 6.07) is 0. The van der Waals surface area contributed by atoms with Gasteiger partial charge < -0.3 is 0 Å².